The number of pyridine rings is 1. The van der Waals surface area contributed by atoms with Crippen LogP contribution in [0.25, 0.3) is 0 Å². The van der Waals surface area contributed by atoms with Crippen LogP contribution in [-0.4, -0.2) is 18.0 Å². The molecule has 0 radical (unpaired) electrons. The number of hydrogen-bond donors (Lipinski definition) is 0. The Morgan fingerprint density at radius 1 is 1.24 bits per heavy atom. The average molecular weight is 302 g/mol. The molecule has 0 N–H and O–H groups in total. The molecule has 3 nitrogen and oxygen atoms in total. The summed E-state index contributed by atoms with van der Waals surface area (Å²) in [6.07, 6.45) is 2.37. The largest absolute Gasteiger partial charge is 0.489 e. The van der Waals surface area contributed by atoms with E-state index in [-0.39, 0.29) is 0 Å². The van der Waals surface area contributed by atoms with Gasteiger partial charge in [-0.3, -0.25) is 0 Å². The monoisotopic (exact) mass is 301 g/mol. The molecule has 0 aliphatic heterocycles. The van der Waals surface area contributed by atoms with E-state index in [0.717, 1.165) is 16.9 Å². The molecule has 0 spiro atoms. The van der Waals surface area contributed by atoms with Gasteiger partial charge in [-0.15, -0.1) is 11.6 Å². The first-order chi connectivity index (χ1) is 10.3. The zero-order chi connectivity index (χ0) is 14.9. The Hall–Kier alpha value is -2.18. The third-order valence-electron chi connectivity index (χ3n) is 2.72. The molecule has 2 rings (SSSR count). The lowest BCUT2D eigenvalue weighted by molar-refractivity contribution is 0.294. The minimum Gasteiger partial charge on any atom is -0.489 e. The van der Waals surface area contributed by atoms with Gasteiger partial charge in [-0.25, -0.2) is 4.98 Å². The molecule has 0 saturated carbocycles. The van der Waals surface area contributed by atoms with Crippen LogP contribution in [0, 0.1) is 11.8 Å². The molecular formula is C17H16ClNO2. The van der Waals surface area contributed by atoms with Gasteiger partial charge in [-0.2, -0.15) is 0 Å². The lowest BCUT2D eigenvalue weighted by Crippen LogP contribution is -2.00. The summed E-state index contributed by atoms with van der Waals surface area (Å²) in [5.41, 5.74) is 1.81. The fourth-order valence-corrected chi connectivity index (χ4v) is 1.85. The summed E-state index contributed by atoms with van der Waals surface area (Å²) < 4.78 is 11.0. The first kappa shape index (κ1) is 15.2. The van der Waals surface area contributed by atoms with Gasteiger partial charge in [0.25, 0.3) is 0 Å². The van der Waals surface area contributed by atoms with E-state index < -0.39 is 0 Å². The predicted octanol–water partition coefficient (Wildman–Crippen LogP) is 3.65. The summed E-state index contributed by atoms with van der Waals surface area (Å²) in [5, 5.41) is 0. The minimum atomic E-state index is 0.398. The highest BCUT2D eigenvalue weighted by molar-refractivity contribution is 6.18. The van der Waals surface area contributed by atoms with E-state index in [2.05, 4.69) is 16.8 Å². The first-order valence-corrected chi connectivity index (χ1v) is 7.12. The van der Waals surface area contributed by atoms with Gasteiger partial charge in [0.1, 0.15) is 12.4 Å². The van der Waals surface area contributed by atoms with Crippen LogP contribution in [0.2, 0.25) is 0 Å². The average Bonchev–Trinajstić information content (AvgIpc) is 2.54. The molecule has 1 heterocycles. The van der Waals surface area contributed by atoms with Gasteiger partial charge in [0.2, 0.25) is 5.88 Å². The predicted molar refractivity (Wildman–Crippen MR) is 83.8 cm³/mol. The fraction of sp³-hybridized carbons (Fsp3) is 0.235. The quantitative estimate of drug-likeness (QED) is 0.624. The van der Waals surface area contributed by atoms with Crippen molar-refractivity contribution in [3.63, 3.8) is 0 Å². The summed E-state index contributed by atoms with van der Waals surface area (Å²) in [6.45, 7) is 0.398. The SMILES string of the molecule is COc1ncccc1COc1cccc(C#CCCCl)c1. The molecule has 21 heavy (non-hydrogen) atoms. The van der Waals surface area contributed by atoms with Crippen LogP contribution in [-0.2, 0) is 6.61 Å². The van der Waals surface area contributed by atoms with Crippen molar-refractivity contribution in [1.82, 2.24) is 4.98 Å². The molecule has 108 valence electrons. The van der Waals surface area contributed by atoms with Gasteiger partial charge in [-0.1, -0.05) is 17.9 Å². The van der Waals surface area contributed by atoms with Crippen molar-refractivity contribution < 1.29 is 9.47 Å². The summed E-state index contributed by atoms with van der Waals surface area (Å²) >= 11 is 5.60. The van der Waals surface area contributed by atoms with Crippen LogP contribution in [0.5, 0.6) is 11.6 Å². The molecule has 0 fully saturated rings. The second kappa shape index (κ2) is 8.18. The molecular weight excluding hydrogens is 286 g/mol. The van der Waals surface area contributed by atoms with E-state index in [1.807, 2.05) is 36.4 Å². The molecule has 1 aromatic heterocycles. The van der Waals surface area contributed by atoms with Gasteiger partial charge in [-0.05, 0) is 30.3 Å². The van der Waals surface area contributed by atoms with E-state index in [1.54, 1.807) is 13.3 Å². The zero-order valence-corrected chi connectivity index (χ0v) is 12.6. The van der Waals surface area contributed by atoms with Gasteiger partial charge >= 0.3 is 0 Å². The Bertz CT molecular complexity index is 646. The highest BCUT2D eigenvalue weighted by Crippen LogP contribution is 2.18. The Balaban J connectivity index is 2.03. The number of halogens is 1. The third-order valence-corrected chi connectivity index (χ3v) is 2.91. The van der Waals surface area contributed by atoms with E-state index in [1.165, 1.54) is 0 Å². The number of benzene rings is 1. The molecule has 0 unspecified atom stereocenters. The second-order valence-corrected chi connectivity index (χ2v) is 4.61. The number of nitrogens with zero attached hydrogens (tertiary/aromatic N) is 1. The Morgan fingerprint density at radius 2 is 2.14 bits per heavy atom. The molecule has 0 bridgehead atoms. The number of rotatable bonds is 5. The van der Waals surface area contributed by atoms with Gasteiger partial charge in [0.05, 0.1) is 12.7 Å². The Kier molecular flexibility index (Phi) is 5.93. The number of ether oxygens (including phenoxy) is 2. The zero-order valence-electron chi connectivity index (χ0n) is 11.8. The highest BCUT2D eigenvalue weighted by Gasteiger charge is 2.04. The molecule has 0 saturated heterocycles. The minimum absolute atomic E-state index is 0.398. The van der Waals surface area contributed by atoms with Crippen LogP contribution in [0.15, 0.2) is 42.6 Å². The highest BCUT2D eigenvalue weighted by atomic mass is 35.5. The lowest BCUT2D eigenvalue weighted by Gasteiger charge is -2.09. The van der Waals surface area contributed by atoms with Crippen molar-refractivity contribution in [2.24, 2.45) is 0 Å². The smallest absolute Gasteiger partial charge is 0.219 e. The van der Waals surface area contributed by atoms with Crippen LogP contribution in [0.1, 0.15) is 17.5 Å². The molecule has 0 aliphatic rings. The van der Waals surface area contributed by atoms with Gasteiger partial charge < -0.3 is 9.47 Å². The maximum atomic E-state index is 5.77. The number of hydrogen-bond acceptors (Lipinski definition) is 3. The number of aromatic nitrogens is 1. The first-order valence-electron chi connectivity index (χ1n) is 6.59. The van der Waals surface area contributed by atoms with E-state index in [9.17, 15) is 0 Å². The molecule has 1 aromatic carbocycles. The molecule has 2 aromatic rings. The second-order valence-electron chi connectivity index (χ2n) is 4.23. The normalized spacial score (nSPS) is 9.62. The van der Waals surface area contributed by atoms with Crippen molar-refractivity contribution in [2.45, 2.75) is 13.0 Å². The molecule has 0 amide bonds. The topological polar surface area (TPSA) is 31.4 Å². The Labute approximate surface area is 129 Å². The standard InChI is InChI=1S/C17H16ClNO2/c1-20-17-15(8-5-11-19-17)13-21-16-9-4-7-14(12-16)6-2-3-10-18/h4-5,7-9,11-12H,3,10,13H2,1H3. The van der Waals surface area contributed by atoms with Gasteiger partial charge in [0, 0.05) is 24.1 Å². The van der Waals surface area contributed by atoms with Gasteiger partial charge in [0.15, 0.2) is 0 Å². The fourth-order valence-electron chi connectivity index (χ4n) is 1.75. The number of alkyl halides is 1. The van der Waals surface area contributed by atoms with Crippen molar-refractivity contribution in [1.29, 1.82) is 0 Å². The van der Waals surface area contributed by atoms with Crippen molar-refractivity contribution in [3.05, 3.63) is 53.7 Å². The van der Waals surface area contributed by atoms with Crippen LogP contribution >= 0.6 is 11.6 Å². The van der Waals surface area contributed by atoms with Crippen molar-refractivity contribution in [3.8, 4) is 23.5 Å². The van der Waals surface area contributed by atoms with E-state index in [0.29, 0.717) is 24.8 Å². The summed E-state index contributed by atoms with van der Waals surface area (Å²) in [6, 6.07) is 11.4. The Morgan fingerprint density at radius 3 is 2.95 bits per heavy atom. The molecule has 4 heteroatoms. The van der Waals surface area contributed by atoms with Crippen molar-refractivity contribution in [2.75, 3.05) is 13.0 Å². The summed E-state index contributed by atoms with van der Waals surface area (Å²) in [4.78, 5) is 4.14. The summed E-state index contributed by atoms with van der Waals surface area (Å²) in [7, 11) is 1.60. The van der Waals surface area contributed by atoms with E-state index >= 15 is 0 Å². The van der Waals surface area contributed by atoms with Crippen LogP contribution < -0.4 is 9.47 Å². The molecule has 0 atom stereocenters. The van der Waals surface area contributed by atoms with E-state index in [4.69, 9.17) is 21.1 Å². The maximum Gasteiger partial charge on any atom is 0.219 e. The van der Waals surface area contributed by atoms with Crippen LogP contribution in [0.4, 0.5) is 0 Å². The third kappa shape index (κ3) is 4.70. The summed E-state index contributed by atoms with van der Waals surface area (Å²) in [5.74, 6) is 7.95. The molecule has 0 aliphatic carbocycles. The van der Waals surface area contributed by atoms with Crippen molar-refractivity contribution >= 4 is 11.6 Å². The lowest BCUT2D eigenvalue weighted by atomic mass is 10.2. The number of methoxy groups -OCH3 is 1. The maximum absolute atomic E-state index is 5.77. The van der Waals surface area contributed by atoms with Crippen LogP contribution in [0.3, 0.4) is 0 Å².